The molecule has 6 heteroatoms. The Morgan fingerprint density at radius 2 is 1.86 bits per heavy atom. The summed E-state index contributed by atoms with van der Waals surface area (Å²) >= 11 is 0. The lowest BCUT2D eigenvalue weighted by molar-refractivity contribution is -0.151. The van der Waals surface area contributed by atoms with E-state index in [1.807, 2.05) is 25.1 Å². The Morgan fingerprint density at radius 1 is 1.06 bits per heavy atom. The van der Waals surface area contributed by atoms with Gasteiger partial charge in [0.15, 0.2) is 11.3 Å². The van der Waals surface area contributed by atoms with Gasteiger partial charge in [-0.2, -0.15) is 0 Å². The van der Waals surface area contributed by atoms with Crippen LogP contribution in [0.5, 0.6) is 5.75 Å². The fourth-order valence-corrected chi connectivity index (χ4v) is 9.47. The van der Waals surface area contributed by atoms with Gasteiger partial charge in [0.1, 0.15) is 12.3 Å². The quantitative estimate of drug-likeness (QED) is 0.634. The zero-order valence-electron chi connectivity index (χ0n) is 21.8. The number of carbonyl (C=O) groups is 1. The van der Waals surface area contributed by atoms with Crippen LogP contribution < -0.4 is 4.74 Å². The summed E-state index contributed by atoms with van der Waals surface area (Å²) < 4.78 is 7.19. The van der Waals surface area contributed by atoms with Crippen LogP contribution in [0.2, 0.25) is 0 Å². The first-order valence-corrected chi connectivity index (χ1v) is 13.8. The van der Waals surface area contributed by atoms with Gasteiger partial charge in [-0.1, -0.05) is 25.1 Å². The SMILES string of the molecule is COc1cccc2c1nnn2CC(=O)[C@H]1CC[C@H]2[C@@H]3CC[C@H]4C[C@](C)(O)CC[C@]4(C)[C@H]3CC[C@]12C. The Labute approximate surface area is 208 Å². The van der Waals surface area contributed by atoms with Crippen LogP contribution >= 0.6 is 0 Å². The van der Waals surface area contributed by atoms with Gasteiger partial charge in [-0.15, -0.1) is 5.10 Å². The predicted molar refractivity (Wildman–Crippen MR) is 135 cm³/mol. The van der Waals surface area contributed by atoms with E-state index >= 15 is 0 Å². The first-order chi connectivity index (χ1) is 16.7. The largest absolute Gasteiger partial charge is 0.494 e. The van der Waals surface area contributed by atoms with Crippen molar-refractivity contribution in [1.29, 1.82) is 0 Å². The van der Waals surface area contributed by atoms with E-state index < -0.39 is 5.60 Å². The van der Waals surface area contributed by atoms with E-state index in [2.05, 4.69) is 24.2 Å². The number of rotatable bonds is 4. The van der Waals surface area contributed by atoms with Crippen molar-refractivity contribution >= 4 is 16.8 Å². The molecule has 2 aromatic rings. The number of methoxy groups -OCH3 is 1. The second kappa shape index (κ2) is 8.03. The van der Waals surface area contributed by atoms with Crippen LogP contribution in [0.1, 0.15) is 78.6 Å². The van der Waals surface area contributed by atoms with Crippen LogP contribution in [0.3, 0.4) is 0 Å². The molecule has 4 fully saturated rings. The van der Waals surface area contributed by atoms with Crippen LogP contribution in [-0.2, 0) is 11.3 Å². The van der Waals surface area contributed by atoms with Gasteiger partial charge in [0, 0.05) is 5.92 Å². The van der Waals surface area contributed by atoms with Crippen molar-refractivity contribution in [3.05, 3.63) is 18.2 Å². The fraction of sp³-hybridized carbons (Fsp3) is 0.759. The maximum Gasteiger partial charge on any atom is 0.157 e. The second-order valence-corrected chi connectivity index (χ2v) is 13.1. The number of hydrogen-bond acceptors (Lipinski definition) is 5. The third-order valence-electron chi connectivity index (χ3n) is 11.4. The Balaban J connectivity index is 1.22. The summed E-state index contributed by atoms with van der Waals surface area (Å²) in [6.07, 6.45) is 10.1. The topological polar surface area (TPSA) is 77.2 Å². The molecule has 1 heterocycles. The Bertz CT molecular complexity index is 1140. The van der Waals surface area contributed by atoms with E-state index in [4.69, 9.17) is 4.74 Å². The number of fused-ring (bicyclic) bond motifs is 6. The molecule has 4 aliphatic rings. The van der Waals surface area contributed by atoms with Crippen LogP contribution in [-0.4, -0.2) is 38.6 Å². The normalized spacial score (nSPS) is 42.8. The van der Waals surface area contributed by atoms with E-state index in [1.54, 1.807) is 11.8 Å². The summed E-state index contributed by atoms with van der Waals surface area (Å²) in [5.74, 6) is 3.88. The molecule has 1 N–H and O–H groups in total. The van der Waals surface area contributed by atoms with Gasteiger partial charge in [-0.25, -0.2) is 4.68 Å². The number of aliphatic hydroxyl groups is 1. The zero-order chi connectivity index (χ0) is 24.6. The van der Waals surface area contributed by atoms with E-state index in [0.717, 1.165) is 55.0 Å². The zero-order valence-corrected chi connectivity index (χ0v) is 21.8. The summed E-state index contributed by atoms with van der Waals surface area (Å²) in [6, 6.07) is 5.78. The number of ether oxygens (including phenoxy) is 1. The van der Waals surface area contributed by atoms with Crippen LogP contribution in [0.25, 0.3) is 11.0 Å². The molecular weight excluding hydrogens is 438 g/mol. The number of ketones is 1. The lowest BCUT2D eigenvalue weighted by Gasteiger charge is -2.61. The Kier molecular flexibility index (Phi) is 5.38. The van der Waals surface area contributed by atoms with Gasteiger partial charge in [0.2, 0.25) is 0 Å². The van der Waals surface area contributed by atoms with Crippen molar-refractivity contribution in [2.24, 2.45) is 40.4 Å². The monoisotopic (exact) mass is 479 g/mol. The molecule has 190 valence electrons. The second-order valence-electron chi connectivity index (χ2n) is 13.1. The summed E-state index contributed by atoms with van der Waals surface area (Å²) in [5.41, 5.74) is 1.54. The molecule has 0 amide bonds. The van der Waals surface area contributed by atoms with Gasteiger partial charge < -0.3 is 9.84 Å². The number of benzene rings is 1. The van der Waals surface area contributed by atoms with Crippen molar-refractivity contribution in [2.75, 3.05) is 7.11 Å². The molecular formula is C29H41N3O3. The minimum Gasteiger partial charge on any atom is -0.494 e. The summed E-state index contributed by atoms with van der Waals surface area (Å²) in [4.78, 5) is 13.7. The van der Waals surface area contributed by atoms with Crippen molar-refractivity contribution < 1.29 is 14.6 Å². The fourth-order valence-electron chi connectivity index (χ4n) is 9.47. The highest BCUT2D eigenvalue weighted by atomic mass is 16.5. The van der Waals surface area contributed by atoms with Crippen molar-refractivity contribution in [3.8, 4) is 5.75 Å². The average Bonchev–Trinajstić information content (AvgIpc) is 3.40. The Hall–Kier alpha value is -1.95. The average molecular weight is 480 g/mol. The molecule has 0 bridgehead atoms. The number of hydrogen-bond donors (Lipinski definition) is 1. The van der Waals surface area contributed by atoms with Gasteiger partial charge in [0.05, 0.1) is 18.2 Å². The van der Waals surface area contributed by atoms with Crippen LogP contribution in [0.15, 0.2) is 18.2 Å². The number of nitrogens with zero attached hydrogens (tertiary/aromatic N) is 3. The third-order valence-corrected chi connectivity index (χ3v) is 11.4. The highest BCUT2D eigenvalue weighted by Crippen LogP contribution is 2.68. The maximum atomic E-state index is 13.7. The van der Waals surface area contributed by atoms with E-state index in [1.165, 1.54) is 25.7 Å². The molecule has 0 saturated heterocycles. The molecule has 6 nitrogen and oxygen atoms in total. The molecule has 1 aromatic carbocycles. The molecule has 8 atom stereocenters. The minimum absolute atomic E-state index is 0.0929. The molecule has 0 unspecified atom stereocenters. The highest BCUT2D eigenvalue weighted by Gasteiger charge is 2.61. The predicted octanol–water partition coefficient (Wildman–Crippen LogP) is 5.42. The number of carbonyl (C=O) groups excluding carboxylic acids is 1. The first-order valence-electron chi connectivity index (χ1n) is 13.8. The maximum absolute atomic E-state index is 13.7. The molecule has 4 saturated carbocycles. The smallest absolute Gasteiger partial charge is 0.157 e. The number of Topliss-reactive ketones (excluding diaryl/α,β-unsaturated/α-hetero) is 1. The molecule has 1 aromatic heterocycles. The van der Waals surface area contributed by atoms with Crippen LogP contribution in [0, 0.1) is 40.4 Å². The molecule has 0 aliphatic heterocycles. The van der Waals surface area contributed by atoms with Gasteiger partial charge in [-0.3, -0.25) is 4.79 Å². The summed E-state index contributed by atoms with van der Waals surface area (Å²) in [5, 5.41) is 19.4. The lowest BCUT2D eigenvalue weighted by atomic mass is 9.44. The van der Waals surface area contributed by atoms with Crippen molar-refractivity contribution in [3.63, 3.8) is 0 Å². The van der Waals surface area contributed by atoms with Crippen LogP contribution in [0.4, 0.5) is 0 Å². The first kappa shape index (κ1) is 23.4. The van der Waals surface area contributed by atoms with Gasteiger partial charge in [-0.05, 0) is 111 Å². The van der Waals surface area contributed by atoms with E-state index in [-0.39, 0.29) is 11.3 Å². The van der Waals surface area contributed by atoms with Crippen molar-refractivity contribution in [2.45, 2.75) is 90.7 Å². The van der Waals surface area contributed by atoms with Gasteiger partial charge in [0.25, 0.3) is 0 Å². The minimum atomic E-state index is -0.486. The van der Waals surface area contributed by atoms with E-state index in [9.17, 15) is 9.90 Å². The Morgan fingerprint density at radius 3 is 2.66 bits per heavy atom. The van der Waals surface area contributed by atoms with E-state index in [0.29, 0.717) is 35.3 Å². The molecule has 0 spiro atoms. The summed E-state index contributed by atoms with van der Waals surface area (Å²) in [6.45, 7) is 7.29. The number of aromatic nitrogens is 3. The summed E-state index contributed by atoms with van der Waals surface area (Å²) in [7, 11) is 1.64. The third kappa shape index (κ3) is 3.49. The lowest BCUT2D eigenvalue weighted by Crippen LogP contribution is -2.55. The van der Waals surface area contributed by atoms with Crippen molar-refractivity contribution in [1.82, 2.24) is 15.0 Å². The molecule has 6 rings (SSSR count). The molecule has 35 heavy (non-hydrogen) atoms. The standard InChI is InChI=1S/C29H41N3O3/c1-27(34)14-15-28(2)18(16-27)8-9-19-20-10-11-22(29(20,3)13-12-21(19)28)24(33)17-32-23-6-5-7-25(35-4)26(23)30-31-32/h5-7,18-22,34H,8-17H2,1-4H3/t18-,19-,20-,21-,22+,27+,28-,29-/m0/s1. The molecule has 0 radical (unpaired) electrons. The van der Waals surface area contributed by atoms with Gasteiger partial charge >= 0.3 is 0 Å². The highest BCUT2D eigenvalue weighted by molar-refractivity contribution is 5.85. The molecule has 4 aliphatic carbocycles.